The predicted molar refractivity (Wildman–Crippen MR) is 58.6 cm³/mol. The molecule has 0 N–H and O–H groups in total. The van der Waals surface area contributed by atoms with Gasteiger partial charge in [-0.1, -0.05) is 23.2 Å². The minimum Gasteiger partial charge on any atom is -0.295 e. The minimum atomic E-state index is -0.382. The highest BCUT2D eigenvalue weighted by Gasteiger charge is 2.28. The van der Waals surface area contributed by atoms with Crippen LogP contribution in [-0.2, 0) is 16.0 Å². The molecule has 0 saturated carbocycles. The fraction of sp³-hybridized carbons (Fsp3) is 0.273. The number of ketones is 1. The quantitative estimate of drug-likeness (QED) is 0.591. The molecule has 0 bridgehead atoms. The molecule has 0 saturated heterocycles. The minimum absolute atomic E-state index is 0.327. The number of Topliss-reactive ketones (excluding diaryl/α,β-unsaturated/α-hetero) is 1. The molecule has 15 heavy (non-hydrogen) atoms. The lowest BCUT2D eigenvalue weighted by atomic mass is 9.97. The fourth-order valence-electron chi connectivity index (χ4n) is 1.98. The van der Waals surface area contributed by atoms with Gasteiger partial charge < -0.3 is 0 Å². The Morgan fingerprint density at radius 2 is 2.00 bits per heavy atom. The Kier molecular flexibility index (Phi) is 2.81. The fourth-order valence-corrected chi connectivity index (χ4v) is 2.34. The van der Waals surface area contributed by atoms with Gasteiger partial charge in [0, 0.05) is 0 Å². The third kappa shape index (κ3) is 1.80. The number of carbonyl (C=O) groups excluding carboxylic acids is 2. The highest BCUT2D eigenvalue weighted by atomic mass is 35.5. The molecule has 1 aliphatic rings. The van der Waals surface area contributed by atoms with Crippen molar-refractivity contribution in [1.82, 2.24) is 0 Å². The first-order valence-corrected chi connectivity index (χ1v) is 5.36. The third-order valence-electron chi connectivity index (χ3n) is 2.72. The summed E-state index contributed by atoms with van der Waals surface area (Å²) in [7, 11) is 0. The highest BCUT2D eigenvalue weighted by Crippen LogP contribution is 2.38. The first-order valence-electron chi connectivity index (χ1n) is 4.60. The van der Waals surface area contributed by atoms with E-state index >= 15 is 0 Å². The van der Waals surface area contributed by atoms with Crippen molar-refractivity contribution in [2.75, 3.05) is 0 Å². The second-order valence-electron chi connectivity index (χ2n) is 3.58. The molecule has 1 aliphatic carbocycles. The average Bonchev–Trinajstić information content (AvgIpc) is 2.61. The lowest BCUT2D eigenvalue weighted by Crippen LogP contribution is -2.10. The second-order valence-corrected chi connectivity index (χ2v) is 4.39. The second kappa shape index (κ2) is 3.95. The molecule has 2 nitrogen and oxygen atoms in total. The molecular formula is C11H8Cl2O2. The SMILES string of the molecule is O=CC(=O)C1CCc2cc(Cl)c(Cl)cc21. The zero-order valence-corrected chi connectivity index (χ0v) is 9.31. The van der Waals surface area contributed by atoms with Crippen molar-refractivity contribution in [3.63, 3.8) is 0 Å². The third-order valence-corrected chi connectivity index (χ3v) is 3.44. The highest BCUT2D eigenvalue weighted by molar-refractivity contribution is 6.42. The summed E-state index contributed by atoms with van der Waals surface area (Å²) in [6, 6.07) is 3.47. The van der Waals surface area contributed by atoms with E-state index in [0.717, 1.165) is 17.5 Å². The molecule has 1 aromatic rings. The number of hydrogen-bond donors (Lipinski definition) is 0. The number of aryl methyl sites for hydroxylation is 1. The molecule has 0 heterocycles. The van der Waals surface area contributed by atoms with E-state index in [9.17, 15) is 9.59 Å². The first-order chi connectivity index (χ1) is 7.13. The molecule has 0 amide bonds. The van der Waals surface area contributed by atoms with Crippen molar-refractivity contribution < 1.29 is 9.59 Å². The van der Waals surface area contributed by atoms with Crippen molar-refractivity contribution in [2.24, 2.45) is 0 Å². The van der Waals surface area contributed by atoms with E-state index in [0.29, 0.717) is 22.8 Å². The van der Waals surface area contributed by atoms with Gasteiger partial charge in [-0.15, -0.1) is 0 Å². The van der Waals surface area contributed by atoms with Crippen molar-refractivity contribution in [2.45, 2.75) is 18.8 Å². The van der Waals surface area contributed by atoms with E-state index in [1.807, 2.05) is 0 Å². The zero-order valence-electron chi connectivity index (χ0n) is 7.80. The molecule has 1 unspecified atom stereocenters. The molecule has 1 aromatic carbocycles. The van der Waals surface area contributed by atoms with Gasteiger partial charge in [0.15, 0.2) is 6.29 Å². The largest absolute Gasteiger partial charge is 0.295 e. The Balaban J connectivity index is 2.46. The number of aldehydes is 1. The van der Waals surface area contributed by atoms with Gasteiger partial charge in [-0.05, 0) is 36.1 Å². The summed E-state index contributed by atoms with van der Waals surface area (Å²) in [6.45, 7) is 0. The molecule has 4 heteroatoms. The van der Waals surface area contributed by atoms with Crippen molar-refractivity contribution in [3.8, 4) is 0 Å². The van der Waals surface area contributed by atoms with E-state index in [1.54, 1.807) is 12.1 Å². The Morgan fingerprint density at radius 3 is 2.67 bits per heavy atom. The van der Waals surface area contributed by atoms with Crippen LogP contribution in [0.2, 0.25) is 10.0 Å². The standard InChI is InChI=1S/C11H8Cl2O2/c12-9-3-6-1-2-7(11(15)5-14)8(6)4-10(9)13/h3-5,7H,1-2H2. The lowest BCUT2D eigenvalue weighted by molar-refractivity contribution is -0.130. The summed E-state index contributed by atoms with van der Waals surface area (Å²) in [4.78, 5) is 21.8. The van der Waals surface area contributed by atoms with E-state index in [2.05, 4.69) is 0 Å². The van der Waals surface area contributed by atoms with Gasteiger partial charge >= 0.3 is 0 Å². The summed E-state index contributed by atoms with van der Waals surface area (Å²) in [5.74, 6) is -0.709. The predicted octanol–water partition coefficient (Wildman–Crippen LogP) is 2.79. The summed E-state index contributed by atoms with van der Waals surface area (Å²) < 4.78 is 0. The monoisotopic (exact) mass is 242 g/mol. The van der Waals surface area contributed by atoms with Gasteiger partial charge in [0.05, 0.1) is 16.0 Å². The number of carbonyl (C=O) groups is 2. The molecule has 0 spiro atoms. The van der Waals surface area contributed by atoms with Gasteiger partial charge in [0.25, 0.3) is 0 Å². The zero-order chi connectivity index (χ0) is 11.0. The maximum atomic E-state index is 11.3. The lowest BCUT2D eigenvalue weighted by Gasteiger charge is -2.07. The maximum absolute atomic E-state index is 11.3. The van der Waals surface area contributed by atoms with E-state index in [1.165, 1.54) is 0 Å². The normalized spacial score (nSPS) is 18.7. The van der Waals surface area contributed by atoms with Crippen LogP contribution in [0.15, 0.2) is 12.1 Å². The van der Waals surface area contributed by atoms with Crippen LogP contribution in [0.4, 0.5) is 0 Å². The van der Waals surface area contributed by atoms with Gasteiger partial charge in [-0.3, -0.25) is 9.59 Å². The van der Waals surface area contributed by atoms with Crippen LogP contribution in [-0.4, -0.2) is 12.1 Å². The Labute approximate surface area is 97.2 Å². The maximum Gasteiger partial charge on any atom is 0.202 e. The molecule has 0 aliphatic heterocycles. The van der Waals surface area contributed by atoms with Gasteiger partial charge in [-0.25, -0.2) is 0 Å². The Morgan fingerprint density at radius 1 is 1.33 bits per heavy atom. The molecule has 2 rings (SSSR count). The smallest absolute Gasteiger partial charge is 0.202 e. The summed E-state index contributed by atoms with van der Waals surface area (Å²) in [5.41, 5.74) is 1.87. The van der Waals surface area contributed by atoms with E-state index < -0.39 is 0 Å². The van der Waals surface area contributed by atoms with E-state index in [-0.39, 0.29) is 11.7 Å². The van der Waals surface area contributed by atoms with Crippen molar-refractivity contribution >= 4 is 35.3 Å². The van der Waals surface area contributed by atoms with Crippen molar-refractivity contribution in [1.29, 1.82) is 0 Å². The molecule has 0 fully saturated rings. The van der Waals surface area contributed by atoms with Crippen LogP contribution in [0.25, 0.3) is 0 Å². The summed E-state index contributed by atoms with van der Waals surface area (Å²) >= 11 is 11.7. The van der Waals surface area contributed by atoms with E-state index in [4.69, 9.17) is 23.2 Å². The van der Waals surface area contributed by atoms with Gasteiger partial charge in [-0.2, -0.15) is 0 Å². The number of fused-ring (bicyclic) bond motifs is 1. The van der Waals surface area contributed by atoms with Gasteiger partial charge in [0.1, 0.15) is 0 Å². The topological polar surface area (TPSA) is 34.1 Å². The number of hydrogen-bond acceptors (Lipinski definition) is 2. The summed E-state index contributed by atoms with van der Waals surface area (Å²) in [5, 5.41) is 0.927. The van der Waals surface area contributed by atoms with Crippen LogP contribution in [0, 0.1) is 0 Å². The van der Waals surface area contributed by atoms with Gasteiger partial charge in [0.2, 0.25) is 5.78 Å². The van der Waals surface area contributed by atoms with Crippen LogP contribution in [0.3, 0.4) is 0 Å². The number of benzene rings is 1. The Bertz CT molecular complexity index is 440. The Hall–Kier alpha value is -0.860. The van der Waals surface area contributed by atoms with Crippen LogP contribution in [0.5, 0.6) is 0 Å². The molecule has 1 atom stereocenters. The number of halogens is 2. The van der Waals surface area contributed by atoms with Crippen LogP contribution < -0.4 is 0 Å². The van der Waals surface area contributed by atoms with Crippen molar-refractivity contribution in [3.05, 3.63) is 33.3 Å². The average molecular weight is 243 g/mol. The van der Waals surface area contributed by atoms with Crippen LogP contribution in [0.1, 0.15) is 23.5 Å². The molecule has 78 valence electrons. The molecular weight excluding hydrogens is 235 g/mol. The molecule has 0 radical (unpaired) electrons. The molecule has 0 aromatic heterocycles. The summed E-state index contributed by atoms with van der Waals surface area (Å²) in [6.07, 6.45) is 1.82. The van der Waals surface area contributed by atoms with Crippen LogP contribution >= 0.6 is 23.2 Å². The first kappa shape index (κ1) is 10.7. The number of rotatable bonds is 2.